The van der Waals surface area contributed by atoms with Gasteiger partial charge in [-0.1, -0.05) is 0 Å². The number of hydrogen-bond donors (Lipinski definition) is 1. The maximum absolute atomic E-state index is 15.0. The first-order valence-corrected chi connectivity index (χ1v) is 12.3. The first-order chi connectivity index (χ1) is 19.1. The maximum Gasteiger partial charge on any atom is 0.434 e. The first-order valence-electron chi connectivity index (χ1n) is 12.3. The minimum Gasteiger partial charge on any atom is -0.480 e. The zero-order valence-corrected chi connectivity index (χ0v) is 21.5. The van der Waals surface area contributed by atoms with E-state index in [1.54, 1.807) is 0 Å². The highest BCUT2D eigenvalue weighted by Crippen LogP contribution is 2.45. The molecule has 1 saturated carbocycles. The van der Waals surface area contributed by atoms with Crippen molar-refractivity contribution in [3.63, 3.8) is 0 Å². The number of nitrogens with one attached hydrogen (secondary N) is 1. The molecule has 0 radical (unpaired) electrons. The number of ether oxygens (including phenoxy) is 2. The van der Waals surface area contributed by atoms with Gasteiger partial charge in [-0.3, -0.25) is 0 Å². The Labute approximate surface area is 224 Å². The number of aromatic nitrogens is 8. The molecule has 0 amide bonds. The SMILES string of the molecule is COc1ncnc(C2CC2)c1-c1nc(OCc2cnc(-c3nc(C(F)(F)F)cn3C)c(F)c2)c2[nH]c(C)cc2n1. The monoisotopic (exact) mass is 554 g/mol. The van der Waals surface area contributed by atoms with E-state index in [1.165, 1.54) is 26.7 Å². The summed E-state index contributed by atoms with van der Waals surface area (Å²) in [6.45, 7) is 1.74. The Bertz CT molecular complexity index is 1740. The molecule has 5 heterocycles. The van der Waals surface area contributed by atoms with Crippen molar-refractivity contribution in [2.45, 2.75) is 38.5 Å². The van der Waals surface area contributed by atoms with E-state index < -0.39 is 17.7 Å². The van der Waals surface area contributed by atoms with Gasteiger partial charge in [-0.05, 0) is 31.9 Å². The Balaban J connectivity index is 1.33. The zero-order valence-electron chi connectivity index (χ0n) is 21.5. The van der Waals surface area contributed by atoms with E-state index in [2.05, 4.69) is 29.9 Å². The molecule has 0 bridgehead atoms. The lowest BCUT2D eigenvalue weighted by Gasteiger charge is -2.13. The predicted molar refractivity (Wildman–Crippen MR) is 134 cm³/mol. The third-order valence-electron chi connectivity index (χ3n) is 6.45. The van der Waals surface area contributed by atoms with E-state index in [-0.39, 0.29) is 29.9 Å². The molecule has 1 aliphatic rings. The van der Waals surface area contributed by atoms with E-state index in [0.29, 0.717) is 33.9 Å². The van der Waals surface area contributed by atoms with Gasteiger partial charge in [-0.25, -0.2) is 29.3 Å². The second kappa shape index (κ2) is 9.54. The second-order valence-electron chi connectivity index (χ2n) is 9.50. The molecule has 5 aromatic heterocycles. The Hall–Kier alpha value is -4.62. The van der Waals surface area contributed by atoms with Gasteiger partial charge in [-0.2, -0.15) is 18.2 Å². The minimum absolute atomic E-state index is 0.125. The molecular weight excluding hydrogens is 532 g/mol. The summed E-state index contributed by atoms with van der Waals surface area (Å²) in [5.41, 5.74) is 2.25. The van der Waals surface area contributed by atoms with Gasteiger partial charge in [0.15, 0.2) is 23.2 Å². The summed E-state index contributed by atoms with van der Waals surface area (Å²) in [5.74, 6) is 0.0704. The molecule has 0 unspecified atom stereocenters. The van der Waals surface area contributed by atoms with Crippen LogP contribution in [0.1, 0.15) is 41.4 Å². The van der Waals surface area contributed by atoms with Gasteiger partial charge in [0.05, 0.1) is 18.3 Å². The molecular formula is C26H22F4N8O2. The van der Waals surface area contributed by atoms with Gasteiger partial charge >= 0.3 is 6.18 Å². The standard InChI is InChI=1S/C26H22F4N8O2/c1-12-6-16-21(34-12)25(37-22(35-16)18-19(14-4-5-14)32-11-33-24(18)39-3)40-10-13-7-15(27)20(31-8-13)23-36-17(9-38(23)2)26(28,29)30/h6-9,11,14,34H,4-5,10H2,1-3H3. The van der Waals surface area contributed by atoms with Crippen molar-refractivity contribution >= 4 is 11.0 Å². The molecule has 1 aliphatic carbocycles. The Morgan fingerprint density at radius 2 is 1.88 bits per heavy atom. The van der Waals surface area contributed by atoms with Crippen LogP contribution in [0.2, 0.25) is 0 Å². The lowest BCUT2D eigenvalue weighted by molar-refractivity contribution is -0.140. The summed E-state index contributed by atoms with van der Waals surface area (Å²) in [6, 6.07) is 2.99. The van der Waals surface area contributed by atoms with E-state index >= 15 is 0 Å². The van der Waals surface area contributed by atoms with E-state index in [1.807, 2.05) is 13.0 Å². The fourth-order valence-electron chi connectivity index (χ4n) is 4.44. The van der Waals surface area contributed by atoms with Crippen LogP contribution in [0, 0.1) is 12.7 Å². The largest absolute Gasteiger partial charge is 0.480 e. The fraction of sp³-hybridized carbons (Fsp3) is 0.308. The lowest BCUT2D eigenvalue weighted by Crippen LogP contribution is -2.06. The number of aryl methyl sites for hydroxylation is 2. The van der Waals surface area contributed by atoms with E-state index in [9.17, 15) is 17.6 Å². The number of methoxy groups -OCH3 is 1. The minimum atomic E-state index is -4.66. The topological polar surface area (TPSA) is 117 Å². The highest BCUT2D eigenvalue weighted by atomic mass is 19.4. The quantitative estimate of drug-likeness (QED) is 0.275. The van der Waals surface area contributed by atoms with Crippen molar-refractivity contribution in [1.82, 2.24) is 39.5 Å². The molecule has 0 aliphatic heterocycles. The molecule has 10 nitrogen and oxygen atoms in total. The lowest BCUT2D eigenvalue weighted by atomic mass is 10.1. The number of halogens is 4. The van der Waals surface area contributed by atoms with Crippen molar-refractivity contribution in [3.8, 4) is 34.7 Å². The average molecular weight is 555 g/mol. The number of pyridine rings is 1. The number of hydrogen-bond acceptors (Lipinski definition) is 8. The fourth-order valence-corrected chi connectivity index (χ4v) is 4.44. The summed E-state index contributed by atoms with van der Waals surface area (Å²) >= 11 is 0. The van der Waals surface area contributed by atoms with Crippen molar-refractivity contribution in [3.05, 3.63) is 59.3 Å². The van der Waals surface area contributed by atoms with Crippen LogP contribution in [0.15, 0.2) is 30.9 Å². The normalized spacial score (nSPS) is 13.7. The third kappa shape index (κ3) is 4.69. The molecule has 0 aromatic carbocycles. The number of imidazole rings is 1. The number of fused-ring (bicyclic) bond motifs is 1. The van der Waals surface area contributed by atoms with Gasteiger partial charge in [0, 0.05) is 36.6 Å². The molecule has 0 atom stereocenters. The van der Waals surface area contributed by atoms with Gasteiger partial charge in [0.25, 0.3) is 0 Å². The molecule has 0 spiro atoms. The summed E-state index contributed by atoms with van der Waals surface area (Å²) in [4.78, 5) is 28.8. The smallest absolute Gasteiger partial charge is 0.434 e. The maximum atomic E-state index is 15.0. The van der Waals surface area contributed by atoms with Crippen LogP contribution in [0.5, 0.6) is 11.8 Å². The molecule has 40 heavy (non-hydrogen) atoms. The van der Waals surface area contributed by atoms with Gasteiger partial charge in [-0.15, -0.1) is 0 Å². The summed E-state index contributed by atoms with van der Waals surface area (Å²) < 4.78 is 66.7. The molecule has 6 rings (SSSR count). The van der Waals surface area contributed by atoms with Crippen molar-refractivity contribution in [1.29, 1.82) is 0 Å². The van der Waals surface area contributed by atoms with Crippen LogP contribution >= 0.6 is 0 Å². The average Bonchev–Trinajstić information content (AvgIpc) is 3.58. The number of alkyl halides is 3. The predicted octanol–water partition coefficient (Wildman–Crippen LogP) is 5.14. The van der Waals surface area contributed by atoms with Gasteiger partial charge < -0.3 is 19.0 Å². The number of aromatic amines is 1. The molecule has 1 N–H and O–H groups in total. The Morgan fingerprint density at radius 1 is 1.07 bits per heavy atom. The molecule has 1 fully saturated rings. The van der Waals surface area contributed by atoms with Crippen molar-refractivity contribution in [2.75, 3.05) is 7.11 Å². The van der Waals surface area contributed by atoms with Crippen LogP contribution in [-0.4, -0.2) is 46.6 Å². The third-order valence-corrected chi connectivity index (χ3v) is 6.45. The van der Waals surface area contributed by atoms with E-state index in [0.717, 1.165) is 41.1 Å². The van der Waals surface area contributed by atoms with Crippen molar-refractivity contribution < 1.29 is 27.0 Å². The van der Waals surface area contributed by atoms with Crippen molar-refractivity contribution in [2.24, 2.45) is 7.05 Å². The Kier molecular flexibility index (Phi) is 6.11. The molecule has 5 aromatic rings. The summed E-state index contributed by atoms with van der Waals surface area (Å²) in [5, 5.41) is 0. The van der Waals surface area contributed by atoms with Crippen LogP contribution in [0.4, 0.5) is 17.6 Å². The zero-order chi connectivity index (χ0) is 28.2. The summed E-state index contributed by atoms with van der Waals surface area (Å²) in [6.07, 6.45) is 0.878. The van der Waals surface area contributed by atoms with Crippen LogP contribution < -0.4 is 9.47 Å². The Morgan fingerprint density at radius 3 is 2.55 bits per heavy atom. The van der Waals surface area contributed by atoms with E-state index in [4.69, 9.17) is 14.5 Å². The number of H-pyrrole nitrogens is 1. The highest BCUT2D eigenvalue weighted by Gasteiger charge is 2.35. The highest BCUT2D eigenvalue weighted by molar-refractivity contribution is 5.83. The number of rotatable bonds is 7. The first kappa shape index (κ1) is 25.6. The van der Waals surface area contributed by atoms with Crippen LogP contribution in [0.25, 0.3) is 33.9 Å². The number of nitrogens with zero attached hydrogens (tertiary/aromatic N) is 7. The molecule has 14 heteroatoms. The van der Waals surface area contributed by atoms with Crippen LogP contribution in [0.3, 0.4) is 0 Å². The van der Waals surface area contributed by atoms with Gasteiger partial charge in [0.2, 0.25) is 11.8 Å². The molecule has 0 saturated heterocycles. The summed E-state index contributed by atoms with van der Waals surface area (Å²) in [7, 11) is 2.85. The van der Waals surface area contributed by atoms with Crippen LogP contribution in [-0.2, 0) is 19.8 Å². The van der Waals surface area contributed by atoms with Gasteiger partial charge in [0.1, 0.15) is 29.7 Å². The molecule has 206 valence electrons. The second-order valence-corrected chi connectivity index (χ2v) is 9.50.